The normalized spacial score (nSPS) is 15.4. The highest BCUT2D eigenvalue weighted by Gasteiger charge is 2.36. The number of carbonyl (C=O) groups is 2. The highest BCUT2D eigenvalue weighted by Crippen LogP contribution is 2.42. The fourth-order valence-corrected chi connectivity index (χ4v) is 2.95. The standard InChI is InChI=1S/C18H14ClNO3/c1-11(21)20-15-9-4-3-8-14(15)16(18(20)22)17(19)12-6-5-7-13(10-12)23-2/h3-10H,1-2H3. The van der Waals surface area contributed by atoms with Crippen LogP contribution in [0.25, 0.3) is 10.6 Å². The lowest BCUT2D eigenvalue weighted by atomic mass is 10.0. The molecule has 1 aliphatic heterocycles. The lowest BCUT2D eigenvalue weighted by Crippen LogP contribution is -2.31. The maximum absolute atomic E-state index is 12.7. The second-order valence-corrected chi connectivity index (χ2v) is 5.48. The molecule has 0 spiro atoms. The van der Waals surface area contributed by atoms with Crippen molar-refractivity contribution < 1.29 is 14.3 Å². The first-order valence-corrected chi connectivity index (χ1v) is 7.41. The van der Waals surface area contributed by atoms with Gasteiger partial charge in [0.25, 0.3) is 5.91 Å². The quantitative estimate of drug-likeness (QED) is 0.790. The number of benzene rings is 2. The summed E-state index contributed by atoms with van der Waals surface area (Å²) in [5, 5.41) is 0.296. The van der Waals surface area contributed by atoms with Gasteiger partial charge in [0.1, 0.15) is 5.75 Å². The highest BCUT2D eigenvalue weighted by atomic mass is 35.5. The Morgan fingerprint density at radius 3 is 2.57 bits per heavy atom. The zero-order valence-corrected chi connectivity index (χ0v) is 13.4. The molecule has 2 aromatic rings. The fourth-order valence-electron chi connectivity index (χ4n) is 2.65. The number of ether oxygens (including phenoxy) is 1. The summed E-state index contributed by atoms with van der Waals surface area (Å²) in [4.78, 5) is 25.7. The number of anilines is 1. The van der Waals surface area contributed by atoms with Gasteiger partial charge in [-0.25, -0.2) is 4.90 Å². The van der Waals surface area contributed by atoms with Crippen LogP contribution in [0, 0.1) is 0 Å². The van der Waals surface area contributed by atoms with Gasteiger partial charge >= 0.3 is 0 Å². The minimum Gasteiger partial charge on any atom is -0.497 e. The van der Waals surface area contributed by atoms with Gasteiger partial charge in [-0.15, -0.1) is 0 Å². The fraction of sp³-hybridized carbons (Fsp3) is 0.111. The van der Waals surface area contributed by atoms with Crippen LogP contribution in [0.2, 0.25) is 0 Å². The van der Waals surface area contributed by atoms with Gasteiger partial charge in [0.15, 0.2) is 0 Å². The van der Waals surface area contributed by atoms with Crippen molar-refractivity contribution in [3.05, 3.63) is 59.7 Å². The van der Waals surface area contributed by atoms with E-state index in [9.17, 15) is 9.59 Å². The molecule has 2 aromatic carbocycles. The number of hydrogen-bond acceptors (Lipinski definition) is 3. The Morgan fingerprint density at radius 1 is 1.13 bits per heavy atom. The number of fused-ring (bicyclic) bond motifs is 1. The Kier molecular flexibility index (Phi) is 3.92. The third kappa shape index (κ3) is 2.51. The molecule has 0 aromatic heterocycles. The van der Waals surface area contributed by atoms with E-state index in [1.807, 2.05) is 6.07 Å². The number of amides is 2. The minimum atomic E-state index is -0.411. The van der Waals surface area contributed by atoms with Crippen LogP contribution in [0.5, 0.6) is 5.75 Å². The Hall–Kier alpha value is -2.59. The van der Waals surface area contributed by atoms with Crippen molar-refractivity contribution in [3.8, 4) is 5.75 Å². The van der Waals surface area contributed by atoms with Crippen LogP contribution >= 0.6 is 11.6 Å². The van der Waals surface area contributed by atoms with Crippen LogP contribution in [-0.4, -0.2) is 18.9 Å². The van der Waals surface area contributed by atoms with E-state index in [2.05, 4.69) is 0 Å². The van der Waals surface area contributed by atoms with Crippen molar-refractivity contribution in [2.24, 2.45) is 0 Å². The number of imide groups is 1. The SMILES string of the molecule is COc1cccc(C(Cl)=C2C(=O)N(C(C)=O)c3ccccc32)c1. The van der Waals surface area contributed by atoms with Gasteiger partial charge < -0.3 is 4.74 Å². The Bertz CT molecular complexity index is 842. The number of halogens is 1. The van der Waals surface area contributed by atoms with Gasteiger partial charge in [0.05, 0.1) is 23.4 Å². The number of hydrogen-bond donors (Lipinski definition) is 0. The van der Waals surface area contributed by atoms with Crippen molar-refractivity contribution >= 4 is 39.7 Å². The molecule has 0 radical (unpaired) electrons. The van der Waals surface area contributed by atoms with Crippen LogP contribution in [0.15, 0.2) is 48.5 Å². The third-order valence-corrected chi connectivity index (χ3v) is 4.10. The van der Waals surface area contributed by atoms with Crippen molar-refractivity contribution in [2.45, 2.75) is 6.92 Å². The summed E-state index contributed by atoms with van der Waals surface area (Å²) in [6, 6.07) is 14.3. The molecule has 1 heterocycles. The van der Waals surface area contributed by atoms with Gasteiger partial charge in [-0.1, -0.05) is 41.9 Å². The van der Waals surface area contributed by atoms with Gasteiger partial charge in [-0.05, 0) is 23.8 Å². The Morgan fingerprint density at radius 2 is 1.87 bits per heavy atom. The summed E-state index contributed by atoms with van der Waals surface area (Å²) in [6.07, 6.45) is 0. The number of methoxy groups -OCH3 is 1. The van der Waals surface area contributed by atoms with Gasteiger partial charge in [-0.3, -0.25) is 9.59 Å². The molecule has 2 amide bonds. The van der Waals surface area contributed by atoms with Crippen LogP contribution in [-0.2, 0) is 9.59 Å². The number of carbonyl (C=O) groups excluding carboxylic acids is 2. The zero-order chi connectivity index (χ0) is 16.6. The molecule has 116 valence electrons. The first kappa shape index (κ1) is 15.3. The molecule has 0 aliphatic carbocycles. The maximum atomic E-state index is 12.7. The summed E-state index contributed by atoms with van der Waals surface area (Å²) in [7, 11) is 1.56. The largest absolute Gasteiger partial charge is 0.497 e. The molecule has 5 heteroatoms. The highest BCUT2D eigenvalue weighted by molar-refractivity contribution is 6.60. The predicted molar refractivity (Wildman–Crippen MR) is 90.3 cm³/mol. The second-order valence-electron chi connectivity index (χ2n) is 5.10. The molecule has 0 atom stereocenters. The summed E-state index contributed by atoms with van der Waals surface area (Å²) in [5.41, 5.74) is 2.20. The molecule has 0 fully saturated rings. The Labute approximate surface area is 138 Å². The number of para-hydroxylation sites is 1. The number of rotatable bonds is 2. The van der Waals surface area contributed by atoms with E-state index in [0.29, 0.717) is 33.2 Å². The van der Waals surface area contributed by atoms with E-state index in [4.69, 9.17) is 16.3 Å². The van der Waals surface area contributed by atoms with E-state index in [0.717, 1.165) is 4.90 Å². The second kappa shape index (κ2) is 5.89. The molecule has 0 N–H and O–H groups in total. The smallest absolute Gasteiger partial charge is 0.267 e. The van der Waals surface area contributed by atoms with Gasteiger partial charge in [0, 0.05) is 12.5 Å². The van der Waals surface area contributed by atoms with Crippen molar-refractivity contribution in [1.82, 2.24) is 0 Å². The van der Waals surface area contributed by atoms with Crippen molar-refractivity contribution in [2.75, 3.05) is 12.0 Å². The lowest BCUT2D eigenvalue weighted by Gasteiger charge is -2.11. The zero-order valence-electron chi connectivity index (χ0n) is 12.7. The van der Waals surface area contributed by atoms with Gasteiger partial charge in [-0.2, -0.15) is 0 Å². The molecular formula is C18H14ClNO3. The third-order valence-electron chi connectivity index (χ3n) is 3.69. The van der Waals surface area contributed by atoms with Crippen molar-refractivity contribution in [3.63, 3.8) is 0 Å². The number of nitrogens with zero attached hydrogens (tertiary/aromatic N) is 1. The van der Waals surface area contributed by atoms with Crippen LogP contribution in [0.4, 0.5) is 5.69 Å². The molecular weight excluding hydrogens is 314 g/mol. The average molecular weight is 328 g/mol. The topological polar surface area (TPSA) is 46.6 Å². The van der Waals surface area contributed by atoms with E-state index in [1.54, 1.807) is 49.6 Å². The molecule has 3 rings (SSSR count). The maximum Gasteiger partial charge on any atom is 0.267 e. The lowest BCUT2D eigenvalue weighted by molar-refractivity contribution is -0.122. The first-order chi connectivity index (χ1) is 11.0. The molecule has 23 heavy (non-hydrogen) atoms. The summed E-state index contributed by atoms with van der Waals surface area (Å²) >= 11 is 6.50. The average Bonchev–Trinajstić information content (AvgIpc) is 2.86. The molecule has 0 saturated heterocycles. The molecule has 4 nitrogen and oxygen atoms in total. The molecule has 0 saturated carbocycles. The molecule has 0 bridgehead atoms. The summed E-state index contributed by atoms with van der Waals surface area (Å²) in [6.45, 7) is 1.36. The van der Waals surface area contributed by atoms with Crippen molar-refractivity contribution in [1.29, 1.82) is 0 Å². The van der Waals surface area contributed by atoms with Crippen LogP contribution < -0.4 is 9.64 Å². The summed E-state index contributed by atoms with van der Waals surface area (Å²) in [5.74, 6) is -0.109. The minimum absolute atomic E-state index is 0.296. The van der Waals surface area contributed by atoms with Gasteiger partial charge in [0.2, 0.25) is 5.91 Å². The Balaban J connectivity index is 2.22. The molecule has 0 unspecified atom stereocenters. The first-order valence-electron chi connectivity index (χ1n) is 7.03. The van der Waals surface area contributed by atoms with E-state index in [-0.39, 0.29) is 5.91 Å². The van der Waals surface area contributed by atoms with Crippen LogP contribution in [0.3, 0.4) is 0 Å². The molecule has 1 aliphatic rings. The van der Waals surface area contributed by atoms with Crippen LogP contribution in [0.1, 0.15) is 18.1 Å². The van der Waals surface area contributed by atoms with E-state index >= 15 is 0 Å². The van der Waals surface area contributed by atoms with E-state index in [1.165, 1.54) is 6.92 Å². The monoisotopic (exact) mass is 327 g/mol. The summed E-state index contributed by atoms with van der Waals surface area (Å²) < 4.78 is 5.19. The predicted octanol–water partition coefficient (Wildman–Crippen LogP) is 3.70. The van der Waals surface area contributed by atoms with E-state index < -0.39 is 5.91 Å².